The molecule has 1 rings (SSSR count). The van der Waals surface area contributed by atoms with E-state index in [-0.39, 0.29) is 13.0 Å². The molecule has 0 radical (unpaired) electrons. The highest BCUT2D eigenvalue weighted by atomic mass is 19.3. The first-order valence-electron chi connectivity index (χ1n) is 5.80. The van der Waals surface area contributed by atoms with Gasteiger partial charge in [-0.2, -0.15) is 0 Å². The molecule has 100 valence electrons. The van der Waals surface area contributed by atoms with E-state index < -0.39 is 24.2 Å². The number of rotatable bonds is 1. The first-order valence-corrected chi connectivity index (χ1v) is 5.80. The van der Waals surface area contributed by atoms with E-state index in [1.54, 1.807) is 20.8 Å². The number of ether oxygens (including phenoxy) is 1. The molecule has 0 saturated carbocycles. The average Bonchev–Trinajstić information content (AvgIpc) is 2.39. The maximum Gasteiger partial charge on any atom is 0.410 e. The molecule has 1 fully saturated rings. The topological polar surface area (TPSA) is 41.6 Å². The number of hydrogen-bond donors (Lipinski definition) is 1. The van der Waals surface area contributed by atoms with E-state index in [0.29, 0.717) is 13.1 Å². The number of carbonyl (C=O) groups is 1. The van der Waals surface area contributed by atoms with Crippen molar-refractivity contribution >= 4 is 6.09 Å². The Morgan fingerprint density at radius 1 is 1.41 bits per heavy atom. The van der Waals surface area contributed by atoms with Crippen LogP contribution in [0.2, 0.25) is 0 Å². The van der Waals surface area contributed by atoms with Crippen molar-refractivity contribution in [2.24, 2.45) is 0 Å². The van der Waals surface area contributed by atoms with Crippen molar-refractivity contribution < 1.29 is 18.3 Å². The lowest BCUT2D eigenvalue weighted by molar-refractivity contribution is -0.0128. The molecule has 1 aliphatic rings. The molecule has 0 bridgehead atoms. The molecule has 6 heteroatoms. The van der Waals surface area contributed by atoms with Crippen molar-refractivity contribution in [3.05, 3.63) is 0 Å². The Morgan fingerprint density at radius 3 is 2.59 bits per heavy atom. The van der Waals surface area contributed by atoms with Crippen LogP contribution in [0.15, 0.2) is 0 Å². The molecular weight excluding hydrogens is 230 g/mol. The van der Waals surface area contributed by atoms with Gasteiger partial charge in [-0.25, -0.2) is 13.6 Å². The number of hydrogen-bond acceptors (Lipinski definition) is 3. The zero-order chi connectivity index (χ0) is 13.1. The summed E-state index contributed by atoms with van der Waals surface area (Å²) in [6.45, 7) is 6.43. The third-order valence-corrected chi connectivity index (χ3v) is 2.47. The summed E-state index contributed by atoms with van der Waals surface area (Å²) in [6.07, 6.45) is -2.95. The number of nitrogens with zero attached hydrogens (tertiary/aromatic N) is 1. The molecule has 1 aliphatic heterocycles. The van der Waals surface area contributed by atoms with Gasteiger partial charge in [0.05, 0.1) is 6.04 Å². The summed E-state index contributed by atoms with van der Waals surface area (Å²) in [5.41, 5.74) is -0.663. The predicted octanol–water partition coefficient (Wildman–Crippen LogP) is 1.85. The number of carbonyl (C=O) groups excluding carboxylic acids is 1. The highest BCUT2D eigenvalue weighted by molar-refractivity contribution is 5.68. The summed E-state index contributed by atoms with van der Waals surface area (Å²) >= 11 is 0. The van der Waals surface area contributed by atoms with Crippen LogP contribution in [-0.2, 0) is 4.74 Å². The summed E-state index contributed by atoms with van der Waals surface area (Å²) in [6, 6.07) is -1.06. The Labute approximate surface area is 100 Å². The molecular formula is C11H20F2N2O2. The minimum absolute atomic E-state index is 0.247. The molecule has 0 aromatic heterocycles. The Bertz CT molecular complexity index is 267. The predicted molar refractivity (Wildman–Crippen MR) is 60.2 cm³/mol. The van der Waals surface area contributed by atoms with E-state index in [1.165, 1.54) is 0 Å². The lowest BCUT2D eigenvalue weighted by atomic mass is 10.2. The fraction of sp³-hybridized carbons (Fsp3) is 0.909. The van der Waals surface area contributed by atoms with E-state index in [2.05, 4.69) is 5.32 Å². The first-order chi connectivity index (χ1) is 7.81. The Morgan fingerprint density at radius 2 is 2.06 bits per heavy atom. The molecule has 4 nitrogen and oxygen atoms in total. The standard InChI is InChI=1S/C11H20F2N2O2/c1-11(2,3)17-10(16)15-7-6-14-5-4-8(15)9(12)13/h8-9,14H,4-7H2,1-3H3. The average molecular weight is 250 g/mol. The summed E-state index contributed by atoms with van der Waals surface area (Å²) < 4.78 is 30.9. The van der Waals surface area contributed by atoms with Crippen molar-refractivity contribution in [3.63, 3.8) is 0 Å². The van der Waals surface area contributed by atoms with Gasteiger partial charge in [-0.1, -0.05) is 0 Å². The van der Waals surface area contributed by atoms with Crippen LogP contribution in [0, 0.1) is 0 Å². The highest BCUT2D eigenvalue weighted by Crippen LogP contribution is 2.18. The maximum absolute atomic E-state index is 12.9. The van der Waals surface area contributed by atoms with Crippen LogP contribution >= 0.6 is 0 Å². The SMILES string of the molecule is CC(C)(C)OC(=O)N1CCNCCC1C(F)F. The van der Waals surface area contributed by atoms with Gasteiger partial charge in [-0.3, -0.25) is 4.90 Å². The third kappa shape index (κ3) is 4.46. The van der Waals surface area contributed by atoms with Crippen LogP contribution in [-0.4, -0.2) is 48.7 Å². The molecule has 0 aromatic rings. The highest BCUT2D eigenvalue weighted by Gasteiger charge is 2.34. The van der Waals surface area contributed by atoms with Gasteiger partial charge >= 0.3 is 6.09 Å². The summed E-state index contributed by atoms with van der Waals surface area (Å²) in [5, 5.41) is 3.00. The van der Waals surface area contributed by atoms with E-state index in [9.17, 15) is 13.6 Å². The van der Waals surface area contributed by atoms with Crippen LogP contribution in [0.1, 0.15) is 27.2 Å². The number of alkyl halides is 2. The van der Waals surface area contributed by atoms with Gasteiger partial charge in [-0.05, 0) is 33.7 Å². The quantitative estimate of drug-likeness (QED) is 0.772. The second-order valence-electron chi connectivity index (χ2n) is 5.11. The van der Waals surface area contributed by atoms with Crippen LogP contribution in [0.4, 0.5) is 13.6 Å². The van der Waals surface area contributed by atoms with Crippen LogP contribution < -0.4 is 5.32 Å². The summed E-state index contributed by atoms with van der Waals surface area (Å²) in [7, 11) is 0. The second-order valence-corrected chi connectivity index (χ2v) is 5.11. The number of nitrogens with one attached hydrogen (secondary N) is 1. The number of amides is 1. The first kappa shape index (κ1) is 14.2. The lowest BCUT2D eigenvalue weighted by Crippen LogP contribution is -2.47. The van der Waals surface area contributed by atoms with Gasteiger partial charge in [0.25, 0.3) is 6.43 Å². The third-order valence-electron chi connectivity index (χ3n) is 2.47. The molecule has 1 atom stereocenters. The smallest absolute Gasteiger partial charge is 0.410 e. The van der Waals surface area contributed by atoms with E-state index in [0.717, 1.165) is 4.90 Å². The molecule has 1 amide bonds. The van der Waals surface area contributed by atoms with E-state index in [4.69, 9.17) is 4.74 Å². The molecule has 1 heterocycles. The zero-order valence-electron chi connectivity index (χ0n) is 10.5. The molecule has 0 spiro atoms. The molecule has 0 aromatic carbocycles. The van der Waals surface area contributed by atoms with E-state index >= 15 is 0 Å². The van der Waals surface area contributed by atoms with Gasteiger partial charge in [0.2, 0.25) is 0 Å². The van der Waals surface area contributed by atoms with Crippen LogP contribution in [0.5, 0.6) is 0 Å². The molecule has 1 unspecified atom stereocenters. The van der Waals surface area contributed by atoms with Gasteiger partial charge in [0, 0.05) is 13.1 Å². The monoisotopic (exact) mass is 250 g/mol. The lowest BCUT2D eigenvalue weighted by Gasteiger charge is -2.31. The summed E-state index contributed by atoms with van der Waals surface area (Å²) in [5.74, 6) is 0. The fourth-order valence-electron chi connectivity index (χ4n) is 1.71. The van der Waals surface area contributed by atoms with E-state index in [1.807, 2.05) is 0 Å². The molecule has 1 saturated heterocycles. The fourth-order valence-corrected chi connectivity index (χ4v) is 1.71. The van der Waals surface area contributed by atoms with Crippen molar-refractivity contribution in [1.82, 2.24) is 10.2 Å². The molecule has 1 N–H and O–H groups in total. The Balaban J connectivity index is 2.72. The van der Waals surface area contributed by atoms with Crippen molar-refractivity contribution in [1.29, 1.82) is 0 Å². The van der Waals surface area contributed by atoms with Crippen LogP contribution in [0.3, 0.4) is 0 Å². The van der Waals surface area contributed by atoms with Crippen LogP contribution in [0.25, 0.3) is 0 Å². The van der Waals surface area contributed by atoms with Gasteiger partial charge in [-0.15, -0.1) is 0 Å². The van der Waals surface area contributed by atoms with Crippen molar-refractivity contribution in [2.45, 2.75) is 45.3 Å². The van der Waals surface area contributed by atoms with Gasteiger partial charge in [0.15, 0.2) is 0 Å². The van der Waals surface area contributed by atoms with Crippen molar-refractivity contribution in [2.75, 3.05) is 19.6 Å². The summed E-state index contributed by atoms with van der Waals surface area (Å²) in [4.78, 5) is 13.0. The normalized spacial score (nSPS) is 22.5. The maximum atomic E-state index is 12.9. The minimum Gasteiger partial charge on any atom is -0.444 e. The van der Waals surface area contributed by atoms with Crippen molar-refractivity contribution in [3.8, 4) is 0 Å². The van der Waals surface area contributed by atoms with Gasteiger partial charge < -0.3 is 10.1 Å². The largest absolute Gasteiger partial charge is 0.444 e. The molecule has 0 aliphatic carbocycles. The molecule has 17 heavy (non-hydrogen) atoms. The Kier molecular flexibility index (Phi) is 4.68. The van der Waals surface area contributed by atoms with Gasteiger partial charge in [0.1, 0.15) is 5.60 Å². The minimum atomic E-state index is -2.54. The number of halogens is 2. The zero-order valence-corrected chi connectivity index (χ0v) is 10.5. The Hall–Kier alpha value is -0.910. The second kappa shape index (κ2) is 5.62.